The summed E-state index contributed by atoms with van der Waals surface area (Å²) in [5, 5.41) is 0. The molecule has 0 N–H and O–H groups in total. The van der Waals surface area contributed by atoms with Gasteiger partial charge in [0.05, 0.1) is 0 Å². The molecular weight excluding hydrogens is 1200 g/mol. The van der Waals surface area contributed by atoms with Crippen molar-refractivity contribution < 1.29 is 22.4 Å². The molecule has 16 bridgehead atoms. The van der Waals surface area contributed by atoms with Crippen LogP contribution in [0.25, 0.3) is 66.8 Å². The Kier molecular flexibility index (Phi) is 11.6. The van der Waals surface area contributed by atoms with E-state index in [1.54, 1.807) is 0 Å². The fourth-order valence-corrected chi connectivity index (χ4v) is 16.5. The van der Waals surface area contributed by atoms with Crippen molar-refractivity contribution in [2.45, 2.75) is 25.7 Å². The number of benzene rings is 12. The van der Waals surface area contributed by atoms with Gasteiger partial charge in [0.2, 0.25) is 0 Å². The Morgan fingerprint density at radius 2 is 0.607 bits per heavy atom. The average molecular weight is 1260 g/mol. The van der Waals surface area contributed by atoms with Crippen LogP contribution in [0.4, 0.5) is 45.5 Å². The van der Waals surface area contributed by atoms with Gasteiger partial charge < -0.3 is 0 Å². The zero-order valence-electron chi connectivity index (χ0n) is 45.7. The molecule has 0 unspecified atom stereocenters. The monoisotopic (exact) mass is 1260 g/mol. The zero-order valence-corrected chi connectivity index (χ0v) is 48.0. The molecule has 0 spiro atoms. The van der Waals surface area contributed by atoms with Crippen molar-refractivity contribution >= 4 is 53.8 Å². The summed E-state index contributed by atoms with van der Waals surface area (Å²) in [6.07, 6.45) is 3.70. The molecule has 5 nitrogen and oxygen atoms in total. The standard InChI is InChI=1S/C78H52N4O.Pt/c1-3-11-57(12-4-1)63-43-45-73-75(47-63)81-51-79(73)65-15-7-17-67(49-65)83-68-18-8-16-66(50-68)80-52-82(76-48-64(44-46-74(76)80)58-13-5-2-6-14-58)78-71-21-10-22-72(78)62-41-33-56(34-42-62)26-24-54-29-37-60(38-30-54)70-20-9-19-69(77(70)81)59-35-27-53(28-36-59)23-25-55-31-39-61(71)40-32-55;/h1-22,27-48H,23-26H2;/q-2;. The summed E-state index contributed by atoms with van der Waals surface area (Å²) < 4.78 is 9.23. The molecule has 6 heteroatoms. The summed E-state index contributed by atoms with van der Waals surface area (Å²) in [7, 11) is 0. The minimum absolute atomic E-state index is 0.617. The van der Waals surface area contributed by atoms with Gasteiger partial charge in [0, 0.05) is 0 Å². The van der Waals surface area contributed by atoms with Crippen molar-refractivity contribution in [2.24, 2.45) is 0 Å². The van der Waals surface area contributed by atoms with Crippen molar-refractivity contribution in [3.63, 3.8) is 0 Å². The number of fused-ring (bicyclic) bond motifs is 14. The molecule has 0 aromatic heterocycles. The number of ether oxygens (including phenoxy) is 1. The summed E-state index contributed by atoms with van der Waals surface area (Å²) >= 11 is -1.36. The molecule has 402 valence electrons. The number of para-hydroxylation sites is 2. The molecule has 0 saturated heterocycles. The molecule has 9 aliphatic heterocycles. The van der Waals surface area contributed by atoms with Gasteiger partial charge in [0.25, 0.3) is 0 Å². The summed E-state index contributed by atoms with van der Waals surface area (Å²) in [6, 6.07) is 108. The number of nitrogens with zero attached hydrogens (tertiary/aromatic N) is 4. The van der Waals surface area contributed by atoms with E-state index in [9.17, 15) is 0 Å². The van der Waals surface area contributed by atoms with Gasteiger partial charge in [0.1, 0.15) is 0 Å². The van der Waals surface area contributed by atoms with Crippen LogP contribution in [0.2, 0.25) is 0 Å². The molecule has 9 aliphatic rings. The molecule has 0 atom stereocenters. The molecular formula is C78H52N4OPt-2. The normalized spacial score (nSPS) is 14.2. The van der Waals surface area contributed by atoms with E-state index >= 15 is 0 Å². The quantitative estimate of drug-likeness (QED) is 0.160. The third-order valence-electron chi connectivity index (χ3n) is 17.1. The van der Waals surface area contributed by atoms with E-state index in [-0.39, 0.29) is 0 Å². The van der Waals surface area contributed by atoms with Crippen molar-refractivity contribution in [1.82, 2.24) is 0 Å². The predicted octanol–water partition coefficient (Wildman–Crippen LogP) is 19.1. The summed E-state index contributed by atoms with van der Waals surface area (Å²) in [6.45, 7) is 0. The third kappa shape index (κ3) is 8.25. The van der Waals surface area contributed by atoms with Crippen molar-refractivity contribution in [3.8, 4) is 78.3 Å². The van der Waals surface area contributed by atoms with Crippen LogP contribution in [0.15, 0.2) is 267 Å². The van der Waals surface area contributed by atoms with E-state index in [4.69, 9.17) is 4.74 Å². The van der Waals surface area contributed by atoms with E-state index in [1.165, 1.54) is 22.3 Å². The average Bonchev–Trinajstić information content (AvgIpc) is 2.05. The predicted molar refractivity (Wildman–Crippen MR) is 342 cm³/mol. The second-order valence-electron chi connectivity index (χ2n) is 22.1. The molecule has 0 aliphatic carbocycles. The Morgan fingerprint density at radius 3 is 0.964 bits per heavy atom. The van der Waals surface area contributed by atoms with Gasteiger partial charge in [-0.05, 0) is 0 Å². The van der Waals surface area contributed by atoms with Gasteiger partial charge in [-0.2, -0.15) is 0 Å². The van der Waals surface area contributed by atoms with E-state index < -0.39 is 17.6 Å². The molecule has 0 fully saturated rings. The topological polar surface area (TPSA) is 22.2 Å². The minimum atomic E-state index is -1.36. The third-order valence-corrected chi connectivity index (χ3v) is 20.2. The van der Waals surface area contributed by atoms with Crippen molar-refractivity contribution in [2.75, 3.05) is 19.6 Å². The van der Waals surface area contributed by atoms with Crippen LogP contribution in [0.1, 0.15) is 22.3 Å². The van der Waals surface area contributed by atoms with E-state index in [0.717, 1.165) is 146 Å². The molecule has 0 amide bonds. The Labute approximate surface area is 497 Å². The molecule has 9 heterocycles. The molecule has 84 heavy (non-hydrogen) atoms. The SMILES string of the molecule is [c-]1c2cccc1N1[C]3=[Pt]=[C]4N(c5[c-]c(ccc5)O2)c2ccc(-c5ccccc5)cc2N4c2c4cccc2-c2ccc(cc2)CCc2ccc(cc2)-c2cccc(c2N3c2cc(-c3ccccc3)ccc21)-c1ccc(cc1)CCc1ccc-4cc1. The van der Waals surface area contributed by atoms with Crippen molar-refractivity contribution in [3.05, 3.63) is 301 Å². The Morgan fingerprint density at radius 1 is 0.274 bits per heavy atom. The van der Waals surface area contributed by atoms with Gasteiger partial charge in [-0.3, -0.25) is 0 Å². The van der Waals surface area contributed by atoms with Crippen molar-refractivity contribution in [1.29, 1.82) is 0 Å². The number of hydrogen-bond donors (Lipinski definition) is 0. The van der Waals surface area contributed by atoms with Crippen LogP contribution in [0, 0.1) is 12.1 Å². The van der Waals surface area contributed by atoms with Crippen LogP contribution in [-0.2, 0) is 43.3 Å². The van der Waals surface area contributed by atoms with E-state index in [1.807, 2.05) is 12.1 Å². The first-order valence-corrected chi connectivity index (χ1v) is 31.2. The van der Waals surface area contributed by atoms with E-state index in [0.29, 0.717) is 11.5 Å². The fourth-order valence-electron chi connectivity index (χ4n) is 12.9. The second kappa shape index (κ2) is 19.9. The molecule has 12 aromatic carbocycles. The van der Waals surface area contributed by atoms with Crippen LogP contribution < -0.4 is 24.3 Å². The first-order valence-electron chi connectivity index (χ1n) is 28.9. The summed E-state index contributed by atoms with van der Waals surface area (Å²) in [4.78, 5) is 10.3. The fraction of sp³-hybridized carbons (Fsp3) is 0.0513. The summed E-state index contributed by atoms with van der Waals surface area (Å²) in [5.41, 5.74) is 27.4. The van der Waals surface area contributed by atoms with Crippen LogP contribution in [0.3, 0.4) is 0 Å². The van der Waals surface area contributed by atoms with Crippen LogP contribution in [0.5, 0.6) is 11.5 Å². The van der Waals surface area contributed by atoms with Crippen LogP contribution in [-0.4, -0.2) is 8.29 Å². The molecule has 12 aromatic rings. The number of anilines is 8. The first kappa shape index (κ1) is 48.7. The van der Waals surface area contributed by atoms with Gasteiger partial charge in [-0.25, -0.2) is 0 Å². The van der Waals surface area contributed by atoms with Gasteiger partial charge >= 0.3 is 501 Å². The van der Waals surface area contributed by atoms with Crippen LogP contribution >= 0.6 is 0 Å². The maximum absolute atomic E-state index is 6.94. The number of rotatable bonds is 2. The Balaban J connectivity index is 1.10. The Hall–Kier alpha value is -9.93. The Bertz CT molecular complexity index is 4240. The molecule has 0 saturated carbocycles. The first-order chi connectivity index (χ1) is 41.6. The number of aryl methyl sites for hydroxylation is 4. The molecule has 0 radical (unpaired) electrons. The van der Waals surface area contributed by atoms with Gasteiger partial charge in [0.15, 0.2) is 0 Å². The molecule has 21 rings (SSSR count). The zero-order chi connectivity index (χ0) is 55.2. The van der Waals surface area contributed by atoms with Gasteiger partial charge in [-0.1, -0.05) is 0 Å². The number of hydrogen-bond acceptors (Lipinski definition) is 5. The summed E-state index contributed by atoms with van der Waals surface area (Å²) in [5.74, 6) is 1.23. The van der Waals surface area contributed by atoms with E-state index in [2.05, 4.69) is 287 Å². The second-order valence-corrected chi connectivity index (χ2v) is 24.7. The maximum atomic E-state index is 6.94. The van der Waals surface area contributed by atoms with Gasteiger partial charge in [-0.15, -0.1) is 0 Å².